The highest BCUT2D eigenvalue weighted by molar-refractivity contribution is 5.79. The maximum Gasteiger partial charge on any atom is 0.325 e. The fourth-order valence-electron chi connectivity index (χ4n) is 1.80. The second-order valence-electron chi connectivity index (χ2n) is 4.27. The van der Waals surface area contributed by atoms with Crippen molar-refractivity contribution in [2.45, 2.75) is 38.3 Å². The smallest absolute Gasteiger partial charge is 0.325 e. The SMILES string of the molecule is COC(=O)C(C)(C)N1CCC(O)CC1. The van der Waals surface area contributed by atoms with E-state index in [4.69, 9.17) is 4.74 Å². The number of ether oxygens (including phenoxy) is 1. The summed E-state index contributed by atoms with van der Waals surface area (Å²) in [4.78, 5) is 13.5. The first kappa shape index (κ1) is 11.5. The van der Waals surface area contributed by atoms with Gasteiger partial charge in [0.15, 0.2) is 0 Å². The molecule has 0 bridgehead atoms. The minimum atomic E-state index is -0.575. The van der Waals surface area contributed by atoms with Gasteiger partial charge in [0.25, 0.3) is 0 Å². The molecule has 0 spiro atoms. The van der Waals surface area contributed by atoms with E-state index in [2.05, 4.69) is 4.90 Å². The van der Waals surface area contributed by atoms with Crippen molar-refractivity contribution in [3.05, 3.63) is 0 Å². The van der Waals surface area contributed by atoms with Crippen LogP contribution in [0.1, 0.15) is 26.7 Å². The number of likely N-dealkylation sites (tertiary alicyclic amines) is 1. The lowest BCUT2D eigenvalue weighted by atomic mass is 9.98. The van der Waals surface area contributed by atoms with Crippen LogP contribution < -0.4 is 0 Å². The maximum atomic E-state index is 11.5. The molecule has 0 aromatic rings. The van der Waals surface area contributed by atoms with E-state index in [1.165, 1.54) is 7.11 Å². The summed E-state index contributed by atoms with van der Waals surface area (Å²) in [7, 11) is 1.41. The molecule has 1 N–H and O–H groups in total. The van der Waals surface area contributed by atoms with Crippen LogP contribution in [0.4, 0.5) is 0 Å². The first-order chi connectivity index (χ1) is 6.48. The molecular formula is C10H19NO3. The largest absolute Gasteiger partial charge is 0.468 e. The first-order valence-electron chi connectivity index (χ1n) is 5.00. The van der Waals surface area contributed by atoms with Gasteiger partial charge in [-0.3, -0.25) is 9.69 Å². The van der Waals surface area contributed by atoms with Crippen LogP contribution in [0.25, 0.3) is 0 Å². The van der Waals surface area contributed by atoms with Crippen LogP contribution in [0.5, 0.6) is 0 Å². The molecule has 1 aliphatic rings. The van der Waals surface area contributed by atoms with Gasteiger partial charge in [0.2, 0.25) is 0 Å². The van der Waals surface area contributed by atoms with Crippen LogP contribution in [-0.2, 0) is 9.53 Å². The predicted molar refractivity (Wildman–Crippen MR) is 52.9 cm³/mol. The molecule has 4 nitrogen and oxygen atoms in total. The Labute approximate surface area is 84.8 Å². The number of aliphatic hydroxyl groups excluding tert-OH is 1. The number of carbonyl (C=O) groups excluding carboxylic acids is 1. The van der Waals surface area contributed by atoms with E-state index in [-0.39, 0.29) is 12.1 Å². The molecule has 82 valence electrons. The Balaban J connectivity index is 2.59. The third-order valence-electron chi connectivity index (χ3n) is 2.94. The number of rotatable bonds is 2. The summed E-state index contributed by atoms with van der Waals surface area (Å²) in [6.07, 6.45) is 1.26. The van der Waals surface area contributed by atoms with Gasteiger partial charge in [-0.1, -0.05) is 0 Å². The van der Waals surface area contributed by atoms with Gasteiger partial charge in [-0.25, -0.2) is 0 Å². The molecule has 0 radical (unpaired) electrons. The number of nitrogens with zero attached hydrogens (tertiary/aromatic N) is 1. The molecule has 0 aliphatic carbocycles. The molecule has 0 aromatic heterocycles. The van der Waals surface area contributed by atoms with Crippen LogP contribution in [0, 0.1) is 0 Å². The summed E-state index contributed by atoms with van der Waals surface area (Å²) in [5.74, 6) is -0.214. The van der Waals surface area contributed by atoms with Gasteiger partial charge in [-0.15, -0.1) is 0 Å². The van der Waals surface area contributed by atoms with E-state index in [0.717, 1.165) is 25.9 Å². The van der Waals surface area contributed by atoms with E-state index >= 15 is 0 Å². The Bertz CT molecular complexity index is 207. The number of piperidine rings is 1. The first-order valence-corrected chi connectivity index (χ1v) is 5.00. The predicted octanol–water partition coefficient (Wildman–Crippen LogP) is 0.395. The van der Waals surface area contributed by atoms with Gasteiger partial charge >= 0.3 is 5.97 Å². The number of carbonyl (C=O) groups is 1. The number of hydrogen-bond acceptors (Lipinski definition) is 4. The Kier molecular flexibility index (Phi) is 3.50. The quantitative estimate of drug-likeness (QED) is 0.657. The van der Waals surface area contributed by atoms with Crippen LogP contribution in [0.3, 0.4) is 0 Å². The van der Waals surface area contributed by atoms with Crippen molar-refractivity contribution in [1.29, 1.82) is 0 Å². The van der Waals surface area contributed by atoms with Gasteiger partial charge in [0.05, 0.1) is 13.2 Å². The zero-order valence-corrected chi connectivity index (χ0v) is 9.12. The molecule has 0 saturated carbocycles. The summed E-state index contributed by atoms with van der Waals surface area (Å²) < 4.78 is 4.75. The highest BCUT2D eigenvalue weighted by atomic mass is 16.5. The number of aliphatic hydroxyl groups is 1. The van der Waals surface area contributed by atoms with Crippen LogP contribution in [0.2, 0.25) is 0 Å². The van der Waals surface area contributed by atoms with Crippen molar-refractivity contribution in [3.8, 4) is 0 Å². The molecule has 1 fully saturated rings. The summed E-state index contributed by atoms with van der Waals surface area (Å²) in [6, 6.07) is 0. The number of hydrogen-bond donors (Lipinski definition) is 1. The van der Waals surface area contributed by atoms with E-state index in [9.17, 15) is 9.90 Å². The van der Waals surface area contributed by atoms with Crippen LogP contribution in [-0.4, -0.2) is 47.8 Å². The molecule has 0 amide bonds. The third-order valence-corrected chi connectivity index (χ3v) is 2.94. The monoisotopic (exact) mass is 201 g/mol. The fraction of sp³-hybridized carbons (Fsp3) is 0.900. The van der Waals surface area contributed by atoms with E-state index in [1.807, 2.05) is 13.8 Å². The Morgan fingerprint density at radius 2 is 1.93 bits per heavy atom. The van der Waals surface area contributed by atoms with Crippen molar-refractivity contribution in [2.24, 2.45) is 0 Å². The van der Waals surface area contributed by atoms with E-state index in [1.54, 1.807) is 0 Å². The molecule has 4 heteroatoms. The molecule has 0 aromatic carbocycles. The van der Waals surface area contributed by atoms with E-state index in [0.29, 0.717) is 0 Å². The average Bonchev–Trinajstić information content (AvgIpc) is 2.17. The minimum absolute atomic E-state index is 0.209. The molecule has 1 aliphatic heterocycles. The summed E-state index contributed by atoms with van der Waals surface area (Å²) >= 11 is 0. The molecule has 0 unspecified atom stereocenters. The highest BCUT2D eigenvalue weighted by Gasteiger charge is 2.37. The molecule has 14 heavy (non-hydrogen) atoms. The average molecular weight is 201 g/mol. The summed E-state index contributed by atoms with van der Waals surface area (Å²) in [6.45, 7) is 5.22. The van der Waals surface area contributed by atoms with Crippen molar-refractivity contribution in [1.82, 2.24) is 4.90 Å². The van der Waals surface area contributed by atoms with Crippen LogP contribution >= 0.6 is 0 Å². The molecular weight excluding hydrogens is 182 g/mol. The van der Waals surface area contributed by atoms with Gasteiger partial charge in [0.1, 0.15) is 5.54 Å². The fourth-order valence-corrected chi connectivity index (χ4v) is 1.80. The molecule has 0 atom stereocenters. The minimum Gasteiger partial charge on any atom is -0.468 e. The van der Waals surface area contributed by atoms with Crippen LogP contribution in [0.15, 0.2) is 0 Å². The second-order valence-corrected chi connectivity index (χ2v) is 4.27. The number of esters is 1. The lowest BCUT2D eigenvalue weighted by molar-refractivity contribution is -0.154. The third kappa shape index (κ3) is 2.25. The highest BCUT2D eigenvalue weighted by Crippen LogP contribution is 2.21. The van der Waals surface area contributed by atoms with E-state index < -0.39 is 5.54 Å². The Hall–Kier alpha value is -0.610. The van der Waals surface area contributed by atoms with Gasteiger partial charge in [-0.2, -0.15) is 0 Å². The van der Waals surface area contributed by atoms with Crippen molar-refractivity contribution < 1.29 is 14.6 Å². The second kappa shape index (κ2) is 4.28. The standard InChI is InChI=1S/C10H19NO3/c1-10(2,9(13)14-3)11-6-4-8(12)5-7-11/h8,12H,4-7H2,1-3H3. The van der Waals surface area contributed by atoms with Crippen molar-refractivity contribution in [3.63, 3.8) is 0 Å². The van der Waals surface area contributed by atoms with Gasteiger partial charge < -0.3 is 9.84 Å². The lowest BCUT2D eigenvalue weighted by Crippen LogP contribution is -2.54. The van der Waals surface area contributed by atoms with Gasteiger partial charge in [-0.05, 0) is 26.7 Å². The molecule has 1 rings (SSSR count). The lowest BCUT2D eigenvalue weighted by Gasteiger charge is -2.39. The van der Waals surface area contributed by atoms with Crippen molar-refractivity contribution in [2.75, 3.05) is 20.2 Å². The topological polar surface area (TPSA) is 49.8 Å². The summed E-state index contributed by atoms with van der Waals surface area (Å²) in [5.41, 5.74) is -0.575. The molecule has 1 saturated heterocycles. The Morgan fingerprint density at radius 1 is 1.43 bits per heavy atom. The zero-order chi connectivity index (χ0) is 10.8. The van der Waals surface area contributed by atoms with Gasteiger partial charge in [0, 0.05) is 13.1 Å². The summed E-state index contributed by atoms with van der Waals surface area (Å²) in [5, 5.41) is 9.35. The van der Waals surface area contributed by atoms with Crippen molar-refractivity contribution >= 4 is 5.97 Å². The molecule has 1 heterocycles. The normalized spacial score (nSPS) is 20.9. The number of methoxy groups -OCH3 is 1. The Morgan fingerprint density at radius 3 is 2.36 bits per heavy atom. The maximum absolute atomic E-state index is 11.5. The zero-order valence-electron chi connectivity index (χ0n) is 9.12.